The van der Waals surface area contributed by atoms with Crippen molar-refractivity contribution in [2.24, 2.45) is 0 Å². The van der Waals surface area contributed by atoms with Gasteiger partial charge in [0.1, 0.15) is 5.75 Å². The van der Waals surface area contributed by atoms with Gasteiger partial charge in [-0.1, -0.05) is 18.2 Å². The van der Waals surface area contributed by atoms with Gasteiger partial charge in [-0.05, 0) is 6.07 Å². The van der Waals surface area contributed by atoms with E-state index in [4.69, 9.17) is 9.84 Å². The first-order valence-electron chi connectivity index (χ1n) is 6.03. The maximum atomic E-state index is 11.8. The van der Waals surface area contributed by atoms with Crippen LogP contribution in [-0.2, 0) is 16.1 Å². The quantitative estimate of drug-likeness (QED) is 0.789. The number of hydrogen-bond acceptors (Lipinski definition) is 4. The lowest BCUT2D eigenvalue weighted by Crippen LogP contribution is -2.39. The van der Waals surface area contributed by atoms with E-state index < -0.39 is 17.9 Å². The number of amides is 3. The van der Waals surface area contributed by atoms with Crippen LogP contribution in [0.15, 0.2) is 36.4 Å². The van der Waals surface area contributed by atoms with E-state index in [1.54, 1.807) is 12.1 Å². The second-order valence-electron chi connectivity index (χ2n) is 4.13. The van der Waals surface area contributed by atoms with Crippen LogP contribution in [0, 0.1) is 0 Å². The van der Waals surface area contributed by atoms with Crippen LogP contribution in [0.2, 0.25) is 0 Å². The Labute approximate surface area is 121 Å². The van der Waals surface area contributed by atoms with E-state index in [1.165, 1.54) is 19.1 Å². The van der Waals surface area contributed by atoms with Crippen LogP contribution in [0.1, 0.15) is 5.56 Å². The minimum absolute atomic E-state index is 0.242. The molecule has 0 bridgehead atoms. The molecule has 7 heteroatoms. The first-order chi connectivity index (χ1) is 9.93. The van der Waals surface area contributed by atoms with Crippen molar-refractivity contribution in [3.05, 3.63) is 42.0 Å². The largest absolute Gasteiger partial charge is 0.496 e. The summed E-state index contributed by atoms with van der Waals surface area (Å²) >= 11 is 0. The normalized spacial score (nSPS) is 10.2. The summed E-state index contributed by atoms with van der Waals surface area (Å²) in [6.45, 7) is 0.242. The number of hydrogen-bond donors (Lipinski definition) is 2. The fourth-order valence-electron chi connectivity index (χ4n) is 1.55. The number of aliphatic carboxylic acids is 1. The lowest BCUT2D eigenvalue weighted by atomic mass is 10.2. The molecule has 112 valence electrons. The van der Waals surface area contributed by atoms with Gasteiger partial charge in [0.25, 0.3) is 5.91 Å². The van der Waals surface area contributed by atoms with Crippen LogP contribution in [-0.4, -0.2) is 42.1 Å². The maximum Gasteiger partial charge on any atom is 0.328 e. The van der Waals surface area contributed by atoms with E-state index in [1.807, 2.05) is 17.4 Å². The molecule has 0 atom stereocenters. The molecule has 21 heavy (non-hydrogen) atoms. The number of carboxylic acid groups (broad SMARTS) is 1. The molecule has 3 amide bonds. The molecule has 1 aromatic carbocycles. The van der Waals surface area contributed by atoms with E-state index in [0.29, 0.717) is 11.8 Å². The molecule has 0 aliphatic rings. The molecule has 7 nitrogen and oxygen atoms in total. The zero-order valence-electron chi connectivity index (χ0n) is 11.7. The zero-order valence-corrected chi connectivity index (χ0v) is 11.7. The third-order valence-electron chi connectivity index (χ3n) is 2.55. The van der Waals surface area contributed by atoms with E-state index in [9.17, 15) is 14.4 Å². The van der Waals surface area contributed by atoms with Crippen LogP contribution in [0.4, 0.5) is 4.79 Å². The van der Waals surface area contributed by atoms with Gasteiger partial charge in [0.05, 0.1) is 13.7 Å². The maximum absolute atomic E-state index is 11.8. The molecule has 0 heterocycles. The molecule has 1 rings (SSSR count). The number of carbonyl (C=O) groups excluding carboxylic acids is 2. The highest BCUT2D eigenvalue weighted by Gasteiger charge is 2.13. The second kappa shape index (κ2) is 7.68. The van der Waals surface area contributed by atoms with E-state index in [2.05, 4.69) is 0 Å². The Hall–Kier alpha value is -2.83. The highest BCUT2D eigenvalue weighted by atomic mass is 16.5. The SMILES string of the molecule is COc1ccccc1CN(C)C(=O)NC(=O)C=CC(=O)O. The third kappa shape index (κ3) is 5.35. The summed E-state index contributed by atoms with van der Waals surface area (Å²) < 4.78 is 5.17. The number of imide groups is 1. The zero-order chi connectivity index (χ0) is 15.8. The number of carboxylic acids is 1. The summed E-state index contributed by atoms with van der Waals surface area (Å²) in [4.78, 5) is 34.6. The van der Waals surface area contributed by atoms with E-state index in [-0.39, 0.29) is 6.54 Å². The number of ether oxygens (including phenoxy) is 1. The van der Waals surface area contributed by atoms with Crippen molar-refractivity contribution in [2.45, 2.75) is 6.54 Å². The second-order valence-corrected chi connectivity index (χ2v) is 4.13. The molecule has 0 aliphatic heterocycles. The van der Waals surface area contributed by atoms with Crippen molar-refractivity contribution < 1.29 is 24.2 Å². The van der Waals surface area contributed by atoms with Crippen LogP contribution in [0.5, 0.6) is 5.75 Å². The molecule has 0 saturated heterocycles. The minimum Gasteiger partial charge on any atom is -0.496 e. The molecular formula is C14H16N2O5. The summed E-state index contributed by atoms with van der Waals surface area (Å²) in [6, 6.07) is 6.55. The Morgan fingerprint density at radius 2 is 1.95 bits per heavy atom. The van der Waals surface area contributed by atoms with E-state index in [0.717, 1.165) is 11.6 Å². The van der Waals surface area contributed by atoms with Gasteiger partial charge in [-0.15, -0.1) is 0 Å². The summed E-state index contributed by atoms with van der Waals surface area (Å²) in [5.41, 5.74) is 0.783. The van der Waals surface area contributed by atoms with Gasteiger partial charge in [0.15, 0.2) is 0 Å². The predicted octanol–water partition coefficient (Wildman–Crippen LogP) is 1.00. The van der Waals surface area contributed by atoms with Gasteiger partial charge in [0, 0.05) is 24.8 Å². The number of para-hydroxylation sites is 1. The van der Waals surface area contributed by atoms with Gasteiger partial charge in [-0.25, -0.2) is 9.59 Å². The first-order valence-corrected chi connectivity index (χ1v) is 6.03. The topological polar surface area (TPSA) is 95.9 Å². The minimum atomic E-state index is -1.26. The summed E-state index contributed by atoms with van der Waals surface area (Å²) in [6.07, 6.45) is 1.43. The number of nitrogens with zero attached hydrogens (tertiary/aromatic N) is 1. The molecule has 0 unspecified atom stereocenters. The molecule has 0 aromatic heterocycles. The smallest absolute Gasteiger partial charge is 0.328 e. The van der Waals surface area contributed by atoms with Gasteiger partial charge in [-0.2, -0.15) is 0 Å². The molecule has 0 spiro atoms. The number of methoxy groups -OCH3 is 1. The highest BCUT2D eigenvalue weighted by Crippen LogP contribution is 2.18. The fourth-order valence-corrected chi connectivity index (χ4v) is 1.55. The molecule has 1 aromatic rings. The molecule has 0 saturated carbocycles. The highest BCUT2D eigenvalue weighted by molar-refractivity contribution is 6.02. The Bertz CT molecular complexity index is 568. The Morgan fingerprint density at radius 1 is 1.29 bits per heavy atom. The Balaban J connectivity index is 2.62. The van der Waals surface area contributed by atoms with E-state index >= 15 is 0 Å². The van der Waals surface area contributed by atoms with Gasteiger partial charge in [0.2, 0.25) is 0 Å². The van der Waals surface area contributed by atoms with Crippen molar-refractivity contribution in [1.82, 2.24) is 10.2 Å². The Morgan fingerprint density at radius 3 is 2.57 bits per heavy atom. The lowest BCUT2D eigenvalue weighted by Gasteiger charge is -2.18. The van der Waals surface area contributed by atoms with Crippen molar-refractivity contribution in [1.29, 1.82) is 0 Å². The monoisotopic (exact) mass is 292 g/mol. The van der Waals surface area contributed by atoms with Crippen LogP contribution in [0.25, 0.3) is 0 Å². The van der Waals surface area contributed by atoms with Gasteiger partial charge < -0.3 is 14.7 Å². The molecule has 0 radical (unpaired) electrons. The van der Waals surface area contributed by atoms with Crippen molar-refractivity contribution in [3.8, 4) is 5.75 Å². The van der Waals surface area contributed by atoms with Crippen molar-refractivity contribution in [2.75, 3.05) is 14.2 Å². The number of rotatable bonds is 5. The molecule has 0 fully saturated rings. The standard InChI is InChI=1S/C14H16N2O5/c1-16(9-10-5-3-4-6-11(10)21-2)14(20)15-12(17)7-8-13(18)19/h3-8H,9H2,1-2H3,(H,18,19)(H,15,17,20). The summed E-state index contributed by atoms with van der Waals surface area (Å²) in [5, 5.41) is 10.4. The van der Waals surface area contributed by atoms with Crippen molar-refractivity contribution >= 4 is 17.9 Å². The molecular weight excluding hydrogens is 276 g/mol. The summed E-state index contributed by atoms with van der Waals surface area (Å²) in [5.74, 6) is -1.43. The number of benzene rings is 1. The number of urea groups is 1. The van der Waals surface area contributed by atoms with Crippen molar-refractivity contribution in [3.63, 3.8) is 0 Å². The lowest BCUT2D eigenvalue weighted by molar-refractivity contribution is -0.131. The van der Waals surface area contributed by atoms with Crippen LogP contribution < -0.4 is 10.1 Å². The summed E-state index contributed by atoms with van der Waals surface area (Å²) in [7, 11) is 3.04. The average molecular weight is 292 g/mol. The number of carbonyl (C=O) groups is 3. The fraction of sp³-hybridized carbons (Fsp3) is 0.214. The predicted molar refractivity (Wildman–Crippen MR) is 74.8 cm³/mol. The van der Waals surface area contributed by atoms with Crippen LogP contribution >= 0.6 is 0 Å². The number of nitrogens with one attached hydrogen (secondary N) is 1. The van der Waals surface area contributed by atoms with Crippen LogP contribution in [0.3, 0.4) is 0 Å². The average Bonchev–Trinajstić information content (AvgIpc) is 2.45. The first kappa shape index (κ1) is 16.2. The molecule has 2 N–H and O–H groups in total. The molecule has 0 aliphatic carbocycles. The Kier molecular flexibility index (Phi) is 5.94. The third-order valence-corrected chi connectivity index (χ3v) is 2.55. The van der Waals surface area contributed by atoms with Gasteiger partial charge >= 0.3 is 12.0 Å². The van der Waals surface area contributed by atoms with Gasteiger partial charge in [-0.3, -0.25) is 10.1 Å².